The zero-order valence-electron chi connectivity index (χ0n) is 12.6. The fourth-order valence-electron chi connectivity index (χ4n) is 3.49. The lowest BCUT2D eigenvalue weighted by molar-refractivity contribution is -0.128. The lowest BCUT2D eigenvalue weighted by Crippen LogP contribution is -2.69. The van der Waals surface area contributed by atoms with Crippen molar-refractivity contribution in [2.24, 2.45) is 5.92 Å². The van der Waals surface area contributed by atoms with Crippen molar-refractivity contribution in [3.63, 3.8) is 0 Å². The zero-order chi connectivity index (χ0) is 14.8. The number of aromatic nitrogens is 3. The third kappa shape index (κ3) is 2.94. The average molecular weight is 293 g/mol. The topological polar surface area (TPSA) is 72.3 Å². The Hall–Kier alpha value is -1.47. The number of likely N-dealkylation sites (N-methyl/N-ethyl adjacent to an activating group) is 1. The van der Waals surface area contributed by atoms with Crippen molar-refractivity contribution in [3.05, 3.63) is 12.7 Å². The van der Waals surface area contributed by atoms with Crippen molar-refractivity contribution < 1.29 is 9.53 Å². The van der Waals surface area contributed by atoms with E-state index in [2.05, 4.69) is 20.3 Å². The molecule has 1 aliphatic carbocycles. The predicted molar refractivity (Wildman–Crippen MR) is 76.5 cm³/mol. The van der Waals surface area contributed by atoms with Gasteiger partial charge in [-0.15, -0.1) is 0 Å². The molecular weight excluding hydrogens is 270 g/mol. The van der Waals surface area contributed by atoms with Gasteiger partial charge >= 0.3 is 0 Å². The Balaban J connectivity index is 1.45. The van der Waals surface area contributed by atoms with Crippen LogP contribution >= 0.6 is 0 Å². The number of nitrogens with one attached hydrogen (secondary N) is 1. The molecule has 2 fully saturated rings. The first-order valence-electron chi connectivity index (χ1n) is 7.56. The maximum absolute atomic E-state index is 12.1. The number of carbonyl (C=O) groups excluding carboxylic acids is 1. The van der Waals surface area contributed by atoms with Crippen LogP contribution in [-0.2, 0) is 16.1 Å². The van der Waals surface area contributed by atoms with Crippen LogP contribution in [0.25, 0.3) is 0 Å². The summed E-state index contributed by atoms with van der Waals surface area (Å²) in [5.41, 5.74) is 0. The van der Waals surface area contributed by atoms with Crippen LogP contribution in [0, 0.1) is 5.92 Å². The number of hydrogen-bond acceptors (Lipinski definition) is 5. The summed E-state index contributed by atoms with van der Waals surface area (Å²) in [7, 11) is 4.10. The fourth-order valence-corrected chi connectivity index (χ4v) is 3.49. The highest BCUT2D eigenvalue weighted by molar-refractivity contribution is 5.76. The van der Waals surface area contributed by atoms with Crippen LogP contribution in [0.15, 0.2) is 12.7 Å². The molecule has 0 bridgehead atoms. The highest BCUT2D eigenvalue weighted by Gasteiger charge is 2.55. The lowest BCUT2D eigenvalue weighted by atomic mass is 9.71. The van der Waals surface area contributed by atoms with Gasteiger partial charge in [0.1, 0.15) is 12.7 Å². The molecule has 0 unspecified atom stereocenters. The van der Waals surface area contributed by atoms with Gasteiger partial charge in [-0.25, -0.2) is 4.98 Å². The molecular formula is C14H23N5O2. The van der Waals surface area contributed by atoms with E-state index in [1.165, 1.54) is 6.33 Å². The van der Waals surface area contributed by atoms with Gasteiger partial charge in [0.05, 0.1) is 18.2 Å². The van der Waals surface area contributed by atoms with Gasteiger partial charge in [0, 0.05) is 25.5 Å². The van der Waals surface area contributed by atoms with Gasteiger partial charge in [0.2, 0.25) is 5.91 Å². The van der Waals surface area contributed by atoms with Crippen molar-refractivity contribution in [1.29, 1.82) is 0 Å². The number of rotatable bonds is 6. The first kappa shape index (κ1) is 14.5. The van der Waals surface area contributed by atoms with Gasteiger partial charge in [-0.2, -0.15) is 5.10 Å². The molecule has 1 aromatic rings. The number of nitrogens with zero attached hydrogens (tertiary/aromatic N) is 4. The minimum atomic E-state index is 0.123. The molecule has 7 heteroatoms. The van der Waals surface area contributed by atoms with E-state index >= 15 is 0 Å². The van der Waals surface area contributed by atoms with Crippen molar-refractivity contribution in [3.8, 4) is 0 Å². The van der Waals surface area contributed by atoms with Crippen LogP contribution in [0.1, 0.15) is 19.3 Å². The summed E-state index contributed by atoms with van der Waals surface area (Å²) >= 11 is 0. The molecule has 1 aliphatic heterocycles. The van der Waals surface area contributed by atoms with Crippen molar-refractivity contribution in [2.75, 3.05) is 20.7 Å². The summed E-state index contributed by atoms with van der Waals surface area (Å²) < 4.78 is 7.51. The molecule has 2 heterocycles. The van der Waals surface area contributed by atoms with E-state index in [4.69, 9.17) is 4.74 Å². The molecule has 3 rings (SSSR count). The Morgan fingerprint density at radius 1 is 1.52 bits per heavy atom. The van der Waals surface area contributed by atoms with Gasteiger partial charge in [-0.1, -0.05) is 0 Å². The number of aryl methyl sites for hydroxylation is 1. The number of fused-ring (bicyclic) bond motifs is 1. The average Bonchev–Trinajstić information content (AvgIpc) is 3.05. The Labute approximate surface area is 124 Å². The van der Waals surface area contributed by atoms with Crippen LogP contribution in [0.5, 0.6) is 0 Å². The second kappa shape index (κ2) is 6.11. The molecule has 2 aliphatic rings. The molecule has 1 saturated carbocycles. The number of ether oxygens (including phenoxy) is 1. The minimum absolute atomic E-state index is 0.123. The Morgan fingerprint density at radius 2 is 2.38 bits per heavy atom. The molecule has 4 atom stereocenters. The molecule has 7 nitrogen and oxygen atoms in total. The SMILES string of the molecule is CN(C)[C@H]1[C@H](NC(=O)CCCn2cncn2)[C@@H]2CCO[C@@H]21. The largest absolute Gasteiger partial charge is 0.376 e. The van der Waals surface area contributed by atoms with Crippen LogP contribution in [-0.4, -0.2) is 64.5 Å². The lowest BCUT2D eigenvalue weighted by Gasteiger charge is -2.50. The zero-order valence-corrected chi connectivity index (χ0v) is 12.6. The van der Waals surface area contributed by atoms with Gasteiger partial charge in [-0.05, 0) is 26.9 Å². The Kier molecular flexibility index (Phi) is 4.21. The quantitative estimate of drug-likeness (QED) is 0.792. The molecule has 21 heavy (non-hydrogen) atoms. The monoisotopic (exact) mass is 293 g/mol. The minimum Gasteiger partial charge on any atom is -0.376 e. The summed E-state index contributed by atoms with van der Waals surface area (Å²) in [6.45, 7) is 1.54. The number of amides is 1. The van der Waals surface area contributed by atoms with Gasteiger partial charge in [0.25, 0.3) is 0 Å². The highest BCUT2D eigenvalue weighted by atomic mass is 16.5. The van der Waals surface area contributed by atoms with E-state index in [9.17, 15) is 4.79 Å². The summed E-state index contributed by atoms with van der Waals surface area (Å²) in [4.78, 5) is 18.2. The second-order valence-electron chi connectivity index (χ2n) is 6.10. The molecule has 1 saturated heterocycles. The summed E-state index contributed by atoms with van der Waals surface area (Å²) in [6.07, 6.45) is 5.83. The summed E-state index contributed by atoms with van der Waals surface area (Å²) in [5.74, 6) is 0.606. The predicted octanol–water partition coefficient (Wildman–Crippen LogP) is -0.108. The Morgan fingerprint density at radius 3 is 3.10 bits per heavy atom. The van der Waals surface area contributed by atoms with Crippen LogP contribution in [0.3, 0.4) is 0 Å². The molecule has 1 N–H and O–H groups in total. The molecule has 0 aromatic carbocycles. The van der Waals surface area contributed by atoms with Gasteiger partial charge in [-0.3, -0.25) is 9.48 Å². The van der Waals surface area contributed by atoms with E-state index in [1.807, 2.05) is 14.1 Å². The fraction of sp³-hybridized carbons (Fsp3) is 0.786. The summed E-state index contributed by atoms with van der Waals surface area (Å²) in [6, 6.07) is 0.531. The maximum atomic E-state index is 12.1. The Bertz CT molecular complexity index is 476. The normalized spacial score (nSPS) is 31.0. The van der Waals surface area contributed by atoms with Crippen molar-refractivity contribution >= 4 is 5.91 Å². The van der Waals surface area contributed by atoms with Crippen LogP contribution in [0.4, 0.5) is 0 Å². The maximum Gasteiger partial charge on any atom is 0.220 e. The van der Waals surface area contributed by atoms with Crippen molar-refractivity contribution in [1.82, 2.24) is 25.0 Å². The van der Waals surface area contributed by atoms with Gasteiger partial charge in [0.15, 0.2) is 0 Å². The molecule has 0 spiro atoms. The van der Waals surface area contributed by atoms with E-state index in [-0.39, 0.29) is 11.9 Å². The second-order valence-corrected chi connectivity index (χ2v) is 6.10. The smallest absolute Gasteiger partial charge is 0.220 e. The first-order chi connectivity index (χ1) is 10.2. The molecule has 116 valence electrons. The standard InChI is InChI=1S/C14H23N5O2/c1-18(2)13-12(10-5-7-21-14(10)13)17-11(20)4-3-6-19-9-15-8-16-19/h8-10,12-14H,3-7H2,1-2H3,(H,17,20)/t10-,12+,13-,14-/m0/s1. The van der Waals surface area contributed by atoms with E-state index in [0.717, 1.165) is 26.0 Å². The highest BCUT2D eigenvalue weighted by Crippen LogP contribution is 2.41. The van der Waals surface area contributed by atoms with E-state index in [0.29, 0.717) is 24.5 Å². The third-order valence-corrected chi connectivity index (χ3v) is 4.53. The molecule has 1 amide bonds. The summed E-state index contributed by atoms with van der Waals surface area (Å²) in [5, 5.41) is 7.22. The number of hydrogen-bond donors (Lipinski definition) is 1. The number of carbonyl (C=O) groups is 1. The first-order valence-corrected chi connectivity index (χ1v) is 7.56. The van der Waals surface area contributed by atoms with Crippen LogP contribution in [0.2, 0.25) is 0 Å². The van der Waals surface area contributed by atoms with Crippen molar-refractivity contribution in [2.45, 2.75) is 44.0 Å². The van der Waals surface area contributed by atoms with Crippen LogP contribution < -0.4 is 5.32 Å². The van der Waals surface area contributed by atoms with E-state index in [1.54, 1.807) is 11.0 Å². The van der Waals surface area contributed by atoms with E-state index < -0.39 is 0 Å². The third-order valence-electron chi connectivity index (χ3n) is 4.53. The molecule has 0 radical (unpaired) electrons. The molecule has 1 aromatic heterocycles. The van der Waals surface area contributed by atoms with Gasteiger partial charge < -0.3 is 15.0 Å².